The van der Waals surface area contributed by atoms with E-state index in [0.717, 1.165) is 6.42 Å². The Morgan fingerprint density at radius 3 is 2.49 bits per heavy atom. The fourth-order valence-corrected chi connectivity index (χ4v) is 9.69. The van der Waals surface area contributed by atoms with Crippen LogP contribution in [0.3, 0.4) is 0 Å². The Kier molecular flexibility index (Phi) is 8.25. The molecule has 5 aliphatic rings. The zero-order valence-corrected chi connectivity index (χ0v) is 27.2. The van der Waals surface area contributed by atoms with Crippen molar-refractivity contribution in [2.75, 3.05) is 6.61 Å². The second-order valence-electron chi connectivity index (χ2n) is 14.2. The average Bonchev–Trinajstić information content (AvgIpc) is 3.24. The standard InChI is InChI=1S/C35H42FNO10/c1-5-6-7-29(41)47-35-20(2)14-25-24-13-12-23-15-26(38)30(44-17-21-8-10-22(11-9-21)18-46-37(42)43)31(45-19-28(35)40)33(23,4)34(24,36)27(39)16-32(25,35)3/h8-11,15,20,24-25,27,39H,5-7,12-14,16-19H2,1-4H3/t20-,24-,25-,27+,32+,33+,34?,35-/m0/s1. The van der Waals surface area contributed by atoms with Crippen LogP contribution >= 0.6 is 0 Å². The van der Waals surface area contributed by atoms with Crippen LogP contribution in [-0.4, -0.2) is 51.7 Å². The van der Waals surface area contributed by atoms with E-state index in [4.69, 9.17) is 14.2 Å². The number of esters is 1. The third kappa shape index (κ3) is 4.72. The number of ether oxygens (including phenoxy) is 3. The highest BCUT2D eigenvalue weighted by molar-refractivity contribution is 6.05. The molecule has 1 aromatic carbocycles. The number of rotatable bonds is 10. The molecule has 1 aromatic rings. The number of aliphatic hydroxyl groups is 1. The van der Waals surface area contributed by atoms with Gasteiger partial charge >= 0.3 is 5.97 Å². The number of carbonyl (C=O) groups excluding carboxylic acids is 3. The Morgan fingerprint density at radius 1 is 1.15 bits per heavy atom. The minimum atomic E-state index is -2.27. The summed E-state index contributed by atoms with van der Waals surface area (Å²) in [5.41, 5.74) is -4.90. The summed E-state index contributed by atoms with van der Waals surface area (Å²) >= 11 is 0. The van der Waals surface area contributed by atoms with Crippen LogP contribution in [0.2, 0.25) is 0 Å². The lowest BCUT2D eigenvalue weighted by Crippen LogP contribution is -2.71. The van der Waals surface area contributed by atoms with Gasteiger partial charge in [0.15, 0.2) is 23.6 Å². The number of ketones is 2. The first-order valence-electron chi connectivity index (χ1n) is 16.5. The first kappa shape index (κ1) is 33.1. The topological polar surface area (TPSA) is 152 Å². The molecule has 8 atom stereocenters. The van der Waals surface area contributed by atoms with Gasteiger partial charge in [0.2, 0.25) is 17.3 Å². The van der Waals surface area contributed by atoms with Gasteiger partial charge in [-0.05, 0) is 67.7 Å². The van der Waals surface area contributed by atoms with E-state index in [1.165, 1.54) is 6.08 Å². The number of carbonyl (C=O) groups is 3. The van der Waals surface area contributed by atoms with Crippen LogP contribution in [0.5, 0.6) is 0 Å². The van der Waals surface area contributed by atoms with E-state index in [1.807, 2.05) is 20.8 Å². The normalized spacial score (nSPS) is 37.2. The van der Waals surface area contributed by atoms with Crippen molar-refractivity contribution < 1.29 is 48.0 Å². The van der Waals surface area contributed by atoms with Gasteiger partial charge in [-0.15, -0.1) is 10.1 Å². The number of halogens is 1. The number of unbranched alkanes of at least 4 members (excludes halogenated alkanes) is 1. The van der Waals surface area contributed by atoms with Gasteiger partial charge < -0.3 is 24.2 Å². The smallest absolute Gasteiger partial charge is 0.306 e. The molecular formula is C35H42FNO10. The van der Waals surface area contributed by atoms with Crippen LogP contribution in [0.15, 0.2) is 47.4 Å². The lowest BCUT2D eigenvalue weighted by atomic mass is 9.44. The monoisotopic (exact) mass is 655 g/mol. The quantitative estimate of drug-likeness (QED) is 0.201. The molecule has 12 heteroatoms. The maximum atomic E-state index is 18.3. The highest BCUT2D eigenvalue weighted by atomic mass is 19.1. The Morgan fingerprint density at radius 2 is 1.83 bits per heavy atom. The molecule has 47 heavy (non-hydrogen) atoms. The van der Waals surface area contributed by atoms with Gasteiger partial charge in [-0.1, -0.05) is 51.5 Å². The third-order valence-electron chi connectivity index (χ3n) is 11.9. The summed E-state index contributed by atoms with van der Waals surface area (Å²) in [5, 5.41) is 21.6. The number of nitrogens with zero attached hydrogens (tertiary/aromatic N) is 1. The molecule has 0 amide bonds. The predicted molar refractivity (Wildman–Crippen MR) is 163 cm³/mol. The van der Waals surface area contributed by atoms with Gasteiger partial charge in [0, 0.05) is 23.7 Å². The largest absolute Gasteiger partial charge is 0.485 e. The predicted octanol–water partition coefficient (Wildman–Crippen LogP) is 5.26. The first-order valence-corrected chi connectivity index (χ1v) is 16.5. The van der Waals surface area contributed by atoms with Crippen molar-refractivity contribution in [3.63, 3.8) is 0 Å². The Bertz CT molecular complexity index is 1560. The number of benzene rings is 1. The molecule has 1 N–H and O–H groups in total. The van der Waals surface area contributed by atoms with Crippen LogP contribution in [0.25, 0.3) is 0 Å². The van der Waals surface area contributed by atoms with Crippen LogP contribution in [-0.2, 0) is 46.6 Å². The fourth-order valence-electron chi connectivity index (χ4n) is 9.69. The summed E-state index contributed by atoms with van der Waals surface area (Å²) in [4.78, 5) is 56.3. The van der Waals surface area contributed by atoms with E-state index >= 15 is 4.39 Å². The molecule has 6 bridgehead atoms. The number of hydrogen-bond acceptors (Lipinski definition) is 10. The first-order chi connectivity index (χ1) is 22.2. The second kappa shape index (κ2) is 11.7. The maximum absolute atomic E-state index is 18.3. The zero-order chi connectivity index (χ0) is 33.9. The van der Waals surface area contributed by atoms with E-state index < -0.39 is 69.3 Å². The molecule has 0 aromatic heterocycles. The van der Waals surface area contributed by atoms with Crippen molar-refractivity contribution in [2.24, 2.45) is 28.6 Å². The van der Waals surface area contributed by atoms with E-state index in [0.29, 0.717) is 42.4 Å². The summed E-state index contributed by atoms with van der Waals surface area (Å²) < 4.78 is 36.9. The van der Waals surface area contributed by atoms with Crippen LogP contribution in [0.4, 0.5) is 4.39 Å². The van der Waals surface area contributed by atoms with Crippen molar-refractivity contribution in [1.29, 1.82) is 0 Å². The summed E-state index contributed by atoms with van der Waals surface area (Å²) in [7, 11) is 0. The summed E-state index contributed by atoms with van der Waals surface area (Å²) in [6, 6.07) is 6.56. The highest BCUT2D eigenvalue weighted by Gasteiger charge is 2.79. The second-order valence-corrected chi connectivity index (χ2v) is 14.2. The van der Waals surface area contributed by atoms with E-state index in [2.05, 4.69) is 4.84 Å². The summed E-state index contributed by atoms with van der Waals surface area (Å²) in [6.07, 6.45) is 2.37. The Labute approximate surface area is 272 Å². The highest BCUT2D eigenvalue weighted by Crippen LogP contribution is 2.73. The van der Waals surface area contributed by atoms with Crippen molar-refractivity contribution in [1.82, 2.24) is 0 Å². The number of allylic oxidation sites excluding steroid dienone is 2. The molecule has 0 radical (unpaired) electrons. The molecule has 4 aliphatic carbocycles. The van der Waals surface area contributed by atoms with Gasteiger partial charge in [0.05, 0.1) is 11.5 Å². The molecular weight excluding hydrogens is 613 g/mol. The van der Waals surface area contributed by atoms with Crippen LogP contribution in [0.1, 0.15) is 83.8 Å². The molecule has 1 saturated heterocycles. The van der Waals surface area contributed by atoms with Crippen molar-refractivity contribution in [3.05, 3.63) is 68.7 Å². The molecule has 0 spiro atoms. The SMILES string of the molecule is CCCCC(=O)O[C@]12C(=O)COC3=C(OCc4ccc(CO[N+](=O)[O-])cc4)C(=O)C=C4CC[C@H]5[C@H](C[C@@H]1C)[C@@]2(C)C[C@@H](O)C5(F)[C@]43C. The third-order valence-corrected chi connectivity index (χ3v) is 11.9. The van der Waals surface area contributed by atoms with Gasteiger partial charge in [-0.25, -0.2) is 4.39 Å². The summed E-state index contributed by atoms with van der Waals surface area (Å²) in [6.45, 7) is 6.36. The molecule has 4 fully saturated rings. The lowest BCUT2D eigenvalue weighted by Gasteiger charge is -2.64. The van der Waals surface area contributed by atoms with Crippen molar-refractivity contribution in [2.45, 2.75) is 103 Å². The number of aliphatic hydroxyl groups excluding tert-OH is 1. The van der Waals surface area contributed by atoms with Crippen molar-refractivity contribution in [3.8, 4) is 0 Å². The van der Waals surface area contributed by atoms with Crippen LogP contribution < -0.4 is 0 Å². The van der Waals surface area contributed by atoms with Gasteiger partial charge in [0.25, 0.3) is 5.09 Å². The molecule has 1 heterocycles. The molecule has 3 saturated carbocycles. The molecule has 11 nitrogen and oxygen atoms in total. The van der Waals surface area contributed by atoms with E-state index in [1.54, 1.807) is 31.2 Å². The van der Waals surface area contributed by atoms with Crippen molar-refractivity contribution >= 4 is 17.5 Å². The molecule has 1 unspecified atom stereocenters. The molecule has 1 aliphatic heterocycles. The minimum absolute atomic E-state index is 0.103. The number of Topliss-reactive ketones (excluding diaryl/α,β-unsaturated/α-hetero) is 1. The maximum Gasteiger partial charge on any atom is 0.306 e. The number of alkyl halides is 1. The van der Waals surface area contributed by atoms with Gasteiger partial charge in [-0.3, -0.25) is 14.4 Å². The Hall–Kier alpha value is -3.80. The Balaban J connectivity index is 1.42. The van der Waals surface area contributed by atoms with Gasteiger partial charge in [0.1, 0.15) is 13.2 Å². The zero-order valence-electron chi connectivity index (χ0n) is 27.2. The molecule has 6 rings (SSSR count). The summed E-state index contributed by atoms with van der Waals surface area (Å²) in [5.74, 6) is -3.48. The fraction of sp³-hybridized carbons (Fsp3) is 0.629. The van der Waals surface area contributed by atoms with E-state index in [9.17, 15) is 29.6 Å². The minimum Gasteiger partial charge on any atom is -0.485 e. The van der Waals surface area contributed by atoms with Crippen LogP contribution in [0, 0.1) is 38.7 Å². The van der Waals surface area contributed by atoms with E-state index in [-0.39, 0.29) is 43.5 Å². The van der Waals surface area contributed by atoms with Gasteiger partial charge in [-0.2, -0.15) is 0 Å². The number of hydrogen-bond donors (Lipinski definition) is 1. The average molecular weight is 656 g/mol. The lowest BCUT2D eigenvalue weighted by molar-refractivity contribution is -0.763. The molecule has 254 valence electrons.